The first-order chi connectivity index (χ1) is 28.7. The molecule has 1 aromatic rings. The lowest BCUT2D eigenvalue weighted by Gasteiger charge is -2.41. The number of rotatable bonds is 26. The number of aliphatic carboxylic acids is 1. The molecule has 60 heavy (non-hydrogen) atoms. The van der Waals surface area contributed by atoms with Crippen molar-refractivity contribution in [3.63, 3.8) is 0 Å². The van der Waals surface area contributed by atoms with Crippen molar-refractivity contribution in [1.29, 1.82) is 0 Å². The Morgan fingerprint density at radius 1 is 0.950 bits per heavy atom. The molecule has 0 spiro atoms. The summed E-state index contributed by atoms with van der Waals surface area (Å²) in [6.45, 7) is 18.2. The van der Waals surface area contributed by atoms with E-state index in [1.54, 1.807) is 18.9 Å². The van der Waals surface area contributed by atoms with Crippen LogP contribution >= 0.6 is 0 Å². The molecule has 2 aliphatic heterocycles. The third-order valence-electron chi connectivity index (χ3n) is 12.6. The Bertz CT molecular complexity index is 1480. The summed E-state index contributed by atoms with van der Waals surface area (Å²) >= 11 is 0. The van der Waals surface area contributed by atoms with Crippen LogP contribution in [-0.4, -0.2) is 171 Å². The van der Waals surface area contributed by atoms with Crippen LogP contribution in [0.1, 0.15) is 85.6 Å². The predicted octanol–water partition coefficient (Wildman–Crippen LogP) is 2.87. The van der Waals surface area contributed by atoms with Crippen LogP contribution in [-0.2, 0) is 39.9 Å². The number of amides is 4. The van der Waals surface area contributed by atoms with E-state index >= 15 is 0 Å². The molecule has 340 valence electrons. The molecule has 15 nitrogen and oxygen atoms in total. The molecule has 0 unspecified atom stereocenters. The van der Waals surface area contributed by atoms with Gasteiger partial charge in [-0.25, -0.2) is 4.79 Å². The second kappa shape index (κ2) is 26.0. The summed E-state index contributed by atoms with van der Waals surface area (Å²) in [6, 6.07) is 6.75. The number of piperazine rings is 1. The summed E-state index contributed by atoms with van der Waals surface area (Å²) in [7, 11) is 5.05. The maximum atomic E-state index is 14.3. The van der Waals surface area contributed by atoms with Crippen LogP contribution in [0.5, 0.6) is 0 Å². The number of likely N-dealkylation sites (N-methyl/N-ethyl adjacent to an activating group) is 1. The standard InChI is InChI=1S/C45H77N7O8/c1-10-12-22-52(39(54)30-47-44(56)40(31(3)4)49(7)26-27-50-24-20-46-21-25-50)41(32(5)11-2)37(59-8)29-38(53)51-23-16-19-36(51)42(60-9)33(6)43(55)48-35(45(57)58)28-34-17-14-13-15-18-34/h13-15,17-18,31-33,35-37,40-42,46H,10-12,16,19-30H2,1-9H3,(H,47,56)(H,48,55)(H,57,58)/t32-,33+,35-,36-,37+,40-,41-,42+/m0/s1. The first-order valence-electron chi connectivity index (χ1n) is 22.3. The molecule has 0 bridgehead atoms. The van der Waals surface area contributed by atoms with Crippen LogP contribution in [0.4, 0.5) is 0 Å². The van der Waals surface area contributed by atoms with Gasteiger partial charge in [0.1, 0.15) is 6.04 Å². The fourth-order valence-electron chi connectivity index (χ4n) is 8.91. The molecule has 4 N–H and O–H groups in total. The molecule has 0 aromatic heterocycles. The molecule has 2 saturated heterocycles. The van der Waals surface area contributed by atoms with Gasteiger partial charge in [-0.3, -0.25) is 29.0 Å². The van der Waals surface area contributed by atoms with Crippen molar-refractivity contribution in [3.05, 3.63) is 35.9 Å². The number of methoxy groups -OCH3 is 2. The van der Waals surface area contributed by atoms with Crippen LogP contribution in [0.2, 0.25) is 0 Å². The molecule has 2 heterocycles. The Kier molecular flexibility index (Phi) is 22.0. The number of carbonyl (C=O) groups is 5. The van der Waals surface area contributed by atoms with E-state index in [0.29, 0.717) is 25.9 Å². The summed E-state index contributed by atoms with van der Waals surface area (Å²) in [5, 5.41) is 19.0. The Morgan fingerprint density at radius 3 is 2.22 bits per heavy atom. The number of carboxylic acid groups (broad SMARTS) is 1. The zero-order valence-electron chi connectivity index (χ0n) is 38.0. The van der Waals surface area contributed by atoms with Crippen molar-refractivity contribution in [2.75, 3.05) is 80.2 Å². The Morgan fingerprint density at radius 2 is 1.63 bits per heavy atom. The zero-order valence-corrected chi connectivity index (χ0v) is 38.0. The number of nitrogens with one attached hydrogen (secondary N) is 3. The SMILES string of the molecule is CCCCN(C(=O)CNC(=O)[C@H](C(C)C)N(C)CCN1CCNCC1)[C@@H]([C@@H](C)CC)[C@@H](CC(=O)N1CCC[C@H]1[C@H](OC)[C@@H](C)C(=O)N[C@@H](Cc1ccccc1)C(=O)O)OC. The molecule has 2 fully saturated rings. The maximum Gasteiger partial charge on any atom is 0.326 e. The number of carbonyl (C=O) groups excluding carboxylic acids is 4. The summed E-state index contributed by atoms with van der Waals surface area (Å²) in [4.78, 5) is 76.1. The van der Waals surface area contributed by atoms with E-state index in [1.807, 2.05) is 56.1 Å². The summed E-state index contributed by atoms with van der Waals surface area (Å²) in [5.41, 5.74) is 0.789. The highest BCUT2D eigenvalue weighted by atomic mass is 16.5. The van der Waals surface area contributed by atoms with Gasteiger partial charge < -0.3 is 40.3 Å². The lowest BCUT2D eigenvalue weighted by molar-refractivity contribution is -0.147. The molecule has 0 saturated carbocycles. The minimum atomic E-state index is -1.13. The highest BCUT2D eigenvalue weighted by Crippen LogP contribution is 2.30. The van der Waals surface area contributed by atoms with E-state index in [4.69, 9.17) is 9.47 Å². The highest BCUT2D eigenvalue weighted by molar-refractivity contribution is 5.88. The van der Waals surface area contributed by atoms with Crippen LogP contribution in [0.3, 0.4) is 0 Å². The number of benzene rings is 1. The van der Waals surface area contributed by atoms with E-state index in [9.17, 15) is 29.1 Å². The van der Waals surface area contributed by atoms with Crippen molar-refractivity contribution in [1.82, 2.24) is 35.6 Å². The van der Waals surface area contributed by atoms with Gasteiger partial charge in [-0.15, -0.1) is 0 Å². The minimum Gasteiger partial charge on any atom is -0.480 e. The van der Waals surface area contributed by atoms with Crippen molar-refractivity contribution >= 4 is 29.6 Å². The number of likely N-dealkylation sites (tertiary alicyclic amines) is 1. The Balaban J connectivity index is 1.74. The summed E-state index contributed by atoms with van der Waals surface area (Å²) in [6.07, 6.45) is 2.48. The molecule has 8 atom stereocenters. The van der Waals surface area contributed by atoms with Crippen LogP contribution in [0, 0.1) is 17.8 Å². The first kappa shape index (κ1) is 50.7. The monoisotopic (exact) mass is 844 g/mol. The lowest BCUT2D eigenvalue weighted by Crippen LogP contribution is -2.57. The van der Waals surface area contributed by atoms with Gasteiger partial charge in [0.2, 0.25) is 23.6 Å². The molecule has 2 aliphatic rings. The second-order valence-electron chi connectivity index (χ2n) is 17.1. The van der Waals surface area contributed by atoms with E-state index in [0.717, 1.165) is 64.1 Å². The number of hydrogen-bond acceptors (Lipinski definition) is 10. The molecule has 1 aromatic carbocycles. The van der Waals surface area contributed by atoms with Crippen molar-refractivity contribution in [2.24, 2.45) is 17.8 Å². The Hall–Kier alpha value is -3.63. The fraction of sp³-hybridized carbons (Fsp3) is 0.756. The minimum absolute atomic E-state index is 0.00669. The molecule has 3 rings (SSSR count). The van der Waals surface area contributed by atoms with Gasteiger partial charge in [-0.2, -0.15) is 0 Å². The molecule has 4 amide bonds. The van der Waals surface area contributed by atoms with E-state index in [1.165, 1.54) is 7.11 Å². The molecular weight excluding hydrogens is 767 g/mol. The maximum absolute atomic E-state index is 14.3. The molecule has 0 radical (unpaired) electrons. The molecule has 0 aliphatic carbocycles. The van der Waals surface area contributed by atoms with Gasteiger partial charge in [0.25, 0.3) is 0 Å². The summed E-state index contributed by atoms with van der Waals surface area (Å²) < 4.78 is 12.0. The van der Waals surface area contributed by atoms with Crippen LogP contribution in [0.15, 0.2) is 30.3 Å². The second-order valence-corrected chi connectivity index (χ2v) is 17.1. The smallest absolute Gasteiger partial charge is 0.326 e. The average Bonchev–Trinajstić information content (AvgIpc) is 3.73. The normalized spacial score (nSPS) is 19.6. The highest BCUT2D eigenvalue weighted by Gasteiger charge is 2.43. The van der Waals surface area contributed by atoms with E-state index in [2.05, 4.69) is 46.5 Å². The van der Waals surface area contributed by atoms with Gasteiger partial charge in [-0.05, 0) is 43.7 Å². The fourth-order valence-corrected chi connectivity index (χ4v) is 8.91. The predicted molar refractivity (Wildman–Crippen MR) is 233 cm³/mol. The third-order valence-corrected chi connectivity index (χ3v) is 12.6. The van der Waals surface area contributed by atoms with Crippen molar-refractivity contribution in [2.45, 2.75) is 123 Å². The van der Waals surface area contributed by atoms with Crippen molar-refractivity contribution < 1.29 is 38.6 Å². The van der Waals surface area contributed by atoms with Crippen molar-refractivity contribution in [3.8, 4) is 0 Å². The first-order valence-corrected chi connectivity index (χ1v) is 22.3. The lowest BCUT2D eigenvalue weighted by atomic mass is 9.89. The van der Waals surface area contributed by atoms with Gasteiger partial charge in [0.05, 0.1) is 49.2 Å². The topological polar surface area (TPSA) is 173 Å². The third kappa shape index (κ3) is 14.8. The number of unbranched alkanes of at least 4 members (excludes halogenated alkanes) is 1. The average molecular weight is 844 g/mol. The van der Waals surface area contributed by atoms with E-state index < -0.39 is 54.2 Å². The Labute approximate surface area is 359 Å². The van der Waals surface area contributed by atoms with E-state index in [-0.39, 0.29) is 48.9 Å². The van der Waals surface area contributed by atoms with Crippen LogP contribution in [0.25, 0.3) is 0 Å². The summed E-state index contributed by atoms with van der Waals surface area (Å²) in [5.74, 6) is -2.90. The molecule has 15 heteroatoms. The van der Waals surface area contributed by atoms with Gasteiger partial charge in [-0.1, -0.05) is 84.7 Å². The zero-order chi connectivity index (χ0) is 44.4. The van der Waals surface area contributed by atoms with Crippen LogP contribution < -0.4 is 16.0 Å². The quantitative estimate of drug-likeness (QED) is 0.108. The number of nitrogens with zero attached hydrogens (tertiary/aromatic N) is 4. The number of carboxylic acids is 1. The largest absolute Gasteiger partial charge is 0.480 e. The van der Waals surface area contributed by atoms with Gasteiger partial charge in [0.15, 0.2) is 0 Å². The molecular formula is C45H77N7O8. The van der Waals surface area contributed by atoms with Gasteiger partial charge >= 0.3 is 5.97 Å². The number of hydrogen-bond donors (Lipinski definition) is 4. The number of ether oxygens (including phenoxy) is 2. The van der Waals surface area contributed by atoms with Gasteiger partial charge in [0, 0.05) is 73.0 Å².